The van der Waals surface area contributed by atoms with Crippen molar-refractivity contribution in [3.05, 3.63) is 0 Å². The molecule has 10 nitrogen and oxygen atoms in total. The standard InChI is InChI=1S/C18H34N4O6/c1-6-10(4)15(18(27)28)22-13(24)8-20-16(25)12(7-9(2)3)21-17(26)14(19)11(5)23/h9-12,14-15,23H,6-8,19H2,1-5H3,(H,20,25)(H,21,26)(H,22,24)(H,27,28). The number of nitrogens with two attached hydrogens (primary N) is 1. The molecule has 0 saturated carbocycles. The molecular weight excluding hydrogens is 368 g/mol. The highest BCUT2D eigenvalue weighted by Gasteiger charge is 2.28. The molecule has 0 aliphatic heterocycles. The fraction of sp³-hybridized carbons (Fsp3) is 0.778. The van der Waals surface area contributed by atoms with Gasteiger partial charge in [-0.15, -0.1) is 0 Å². The Balaban J connectivity index is 4.87. The molecule has 0 aliphatic carbocycles. The maximum atomic E-state index is 12.4. The van der Waals surface area contributed by atoms with Crippen LogP contribution in [-0.4, -0.2) is 64.7 Å². The predicted octanol–water partition coefficient (Wildman–Crippen LogP) is -1.04. The van der Waals surface area contributed by atoms with Crippen molar-refractivity contribution >= 4 is 23.7 Å². The second-order valence-corrected chi connectivity index (χ2v) is 7.44. The molecule has 162 valence electrons. The molecule has 0 aliphatic rings. The van der Waals surface area contributed by atoms with Crippen molar-refractivity contribution in [3.8, 4) is 0 Å². The van der Waals surface area contributed by atoms with Crippen molar-refractivity contribution in [1.29, 1.82) is 0 Å². The fourth-order valence-corrected chi connectivity index (χ4v) is 2.39. The van der Waals surface area contributed by atoms with Crippen LogP contribution in [0.1, 0.15) is 47.5 Å². The van der Waals surface area contributed by atoms with Gasteiger partial charge in [0.15, 0.2) is 0 Å². The number of aliphatic hydroxyl groups excluding tert-OH is 1. The Kier molecular flexibility index (Phi) is 11.3. The molecule has 0 heterocycles. The first-order valence-corrected chi connectivity index (χ1v) is 9.44. The first-order valence-electron chi connectivity index (χ1n) is 9.44. The SMILES string of the molecule is CCC(C)C(NC(=O)CNC(=O)C(CC(C)C)NC(=O)C(N)C(C)O)C(=O)O. The largest absolute Gasteiger partial charge is 0.480 e. The van der Waals surface area contributed by atoms with Gasteiger partial charge in [-0.05, 0) is 25.2 Å². The highest BCUT2D eigenvalue weighted by Crippen LogP contribution is 2.08. The number of nitrogens with one attached hydrogen (secondary N) is 3. The predicted molar refractivity (Wildman–Crippen MR) is 103 cm³/mol. The van der Waals surface area contributed by atoms with Crippen molar-refractivity contribution < 1.29 is 29.4 Å². The number of amides is 3. The third-order valence-electron chi connectivity index (χ3n) is 4.38. The molecule has 7 N–H and O–H groups in total. The van der Waals surface area contributed by atoms with E-state index in [1.807, 2.05) is 20.8 Å². The smallest absolute Gasteiger partial charge is 0.326 e. The van der Waals surface area contributed by atoms with E-state index >= 15 is 0 Å². The topological polar surface area (TPSA) is 171 Å². The van der Waals surface area contributed by atoms with Crippen LogP contribution in [0.3, 0.4) is 0 Å². The summed E-state index contributed by atoms with van der Waals surface area (Å²) >= 11 is 0. The summed E-state index contributed by atoms with van der Waals surface area (Å²) in [5, 5.41) is 25.9. The lowest BCUT2D eigenvalue weighted by atomic mass is 9.99. The van der Waals surface area contributed by atoms with Crippen LogP contribution in [0.2, 0.25) is 0 Å². The zero-order chi connectivity index (χ0) is 22.0. The van der Waals surface area contributed by atoms with Crippen LogP contribution < -0.4 is 21.7 Å². The van der Waals surface area contributed by atoms with Crippen LogP contribution >= 0.6 is 0 Å². The molecule has 5 atom stereocenters. The number of rotatable bonds is 12. The summed E-state index contributed by atoms with van der Waals surface area (Å²) in [5.41, 5.74) is 5.57. The van der Waals surface area contributed by atoms with Crippen molar-refractivity contribution in [1.82, 2.24) is 16.0 Å². The molecule has 0 spiro atoms. The normalized spacial score (nSPS) is 16.4. The summed E-state index contributed by atoms with van der Waals surface area (Å²) < 4.78 is 0. The molecule has 0 fully saturated rings. The maximum Gasteiger partial charge on any atom is 0.326 e. The second kappa shape index (κ2) is 12.3. The molecule has 0 aromatic rings. The van der Waals surface area contributed by atoms with Gasteiger partial charge in [-0.3, -0.25) is 14.4 Å². The number of hydrogen-bond donors (Lipinski definition) is 6. The maximum absolute atomic E-state index is 12.4. The third-order valence-corrected chi connectivity index (χ3v) is 4.38. The summed E-state index contributed by atoms with van der Waals surface area (Å²) in [6.45, 7) is 8.17. The number of carbonyl (C=O) groups excluding carboxylic acids is 3. The van der Waals surface area contributed by atoms with Gasteiger partial charge >= 0.3 is 5.97 Å². The van der Waals surface area contributed by atoms with Gasteiger partial charge < -0.3 is 31.9 Å². The van der Waals surface area contributed by atoms with Gasteiger partial charge in [0.05, 0.1) is 12.6 Å². The lowest BCUT2D eigenvalue weighted by Crippen LogP contribution is -2.56. The molecule has 0 bridgehead atoms. The molecule has 0 saturated heterocycles. The van der Waals surface area contributed by atoms with E-state index in [4.69, 9.17) is 5.73 Å². The van der Waals surface area contributed by atoms with Crippen LogP contribution in [0.15, 0.2) is 0 Å². The van der Waals surface area contributed by atoms with Gasteiger partial charge in [-0.25, -0.2) is 4.79 Å². The lowest BCUT2D eigenvalue weighted by molar-refractivity contribution is -0.143. The van der Waals surface area contributed by atoms with E-state index in [9.17, 15) is 29.4 Å². The van der Waals surface area contributed by atoms with E-state index in [2.05, 4.69) is 16.0 Å². The highest BCUT2D eigenvalue weighted by atomic mass is 16.4. The zero-order valence-corrected chi connectivity index (χ0v) is 17.2. The monoisotopic (exact) mass is 402 g/mol. The highest BCUT2D eigenvalue weighted by molar-refractivity contribution is 5.92. The number of carboxylic acid groups (broad SMARTS) is 1. The van der Waals surface area contributed by atoms with E-state index in [1.54, 1.807) is 6.92 Å². The number of carboxylic acids is 1. The summed E-state index contributed by atoms with van der Waals surface area (Å²) in [7, 11) is 0. The minimum atomic E-state index is -1.18. The summed E-state index contributed by atoms with van der Waals surface area (Å²) in [5.74, 6) is -3.27. The van der Waals surface area contributed by atoms with Crippen LogP contribution in [0.25, 0.3) is 0 Å². The number of carbonyl (C=O) groups is 4. The fourth-order valence-electron chi connectivity index (χ4n) is 2.39. The quantitative estimate of drug-likeness (QED) is 0.242. The van der Waals surface area contributed by atoms with Crippen LogP contribution in [0.4, 0.5) is 0 Å². The third kappa shape index (κ3) is 9.14. The molecule has 3 amide bonds. The molecule has 10 heteroatoms. The molecule has 0 aromatic heterocycles. The number of aliphatic hydroxyl groups is 1. The van der Waals surface area contributed by atoms with Gasteiger partial charge in [0.1, 0.15) is 18.1 Å². The molecule has 0 rings (SSSR count). The van der Waals surface area contributed by atoms with Crippen molar-refractivity contribution in [2.45, 2.75) is 71.7 Å². The average molecular weight is 402 g/mol. The Bertz CT molecular complexity index is 552. The molecule has 28 heavy (non-hydrogen) atoms. The van der Waals surface area contributed by atoms with E-state index in [-0.39, 0.29) is 11.8 Å². The average Bonchev–Trinajstić information content (AvgIpc) is 2.61. The van der Waals surface area contributed by atoms with Crippen LogP contribution in [-0.2, 0) is 19.2 Å². The molecular formula is C18H34N4O6. The Morgan fingerprint density at radius 3 is 2.00 bits per heavy atom. The van der Waals surface area contributed by atoms with E-state index in [1.165, 1.54) is 6.92 Å². The van der Waals surface area contributed by atoms with Gasteiger partial charge in [0, 0.05) is 0 Å². The van der Waals surface area contributed by atoms with E-state index in [0.717, 1.165) is 0 Å². The number of aliphatic carboxylic acids is 1. The minimum absolute atomic E-state index is 0.0643. The Hall–Kier alpha value is -2.20. The Morgan fingerprint density at radius 2 is 1.57 bits per heavy atom. The van der Waals surface area contributed by atoms with Crippen molar-refractivity contribution in [2.24, 2.45) is 17.6 Å². The van der Waals surface area contributed by atoms with E-state index < -0.39 is 54.5 Å². The van der Waals surface area contributed by atoms with Gasteiger partial charge in [0.2, 0.25) is 17.7 Å². The Morgan fingerprint density at radius 1 is 1.00 bits per heavy atom. The molecule has 0 radical (unpaired) electrons. The summed E-state index contributed by atoms with van der Waals surface area (Å²) in [6.07, 6.45) is -0.214. The van der Waals surface area contributed by atoms with Crippen molar-refractivity contribution in [3.63, 3.8) is 0 Å². The minimum Gasteiger partial charge on any atom is -0.480 e. The van der Waals surface area contributed by atoms with Gasteiger partial charge in [-0.1, -0.05) is 34.1 Å². The second-order valence-electron chi connectivity index (χ2n) is 7.44. The zero-order valence-electron chi connectivity index (χ0n) is 17.2. The van der Waals surface area contributed by atoms with E-state index in [0.29, 0.717) is 12.8 Å². The molecule has 0 aromatic carbocycles. The number of hydrogen-bond acceptors (Lipinski definition) is 6. The molecule has 5 unspecified atom stereocenters. The first kappa shape index (κ1) is 25.8. The lowest BCUT2D eigenvalue weighted by Gasteiger charge is -2.23. The van der Waals surface area contributed by atoms with Crippen LogP contribution in [0, 0.1) is 11.8 Å². The van der Waals surface area contributed by atoms with Crippen LogP contribution in [0.5, 0.6) is 0 Å². The van der Waals surface area contributed by atoms with Gasteiger partial charge in [-0.2, -0.15) is 0 Å². The van der Waals surface area contributed by atoms with Crippen molar-refractivity contribution in [2.75, 3.05) is 6.54 Å². The first-order chi connectivity index (χ1) is 12.9. The Labute approximate surface area is 165 Å². The summed E-state index contributed by atoms with van der Waals surface area (Å²) in [6, 6.07) is -3.17. The van der Waals surface area contributed by atoms with Gasteiger partial charge in [0.25, 0.3) is 0 Å². The summed E-state index contributed by atoms with van der Waals surface area (Å²) in [4.78, 5) is 47.7.